The maximum Gasteiger partial charge on any atom is 0.281 e. The molecule has 0 unspecified atom stereocenters. The average Bonchev–Trinajstić information content (AvgIpc) is 3.62. The molecule has 9 nitrogen and oxygen atoms in total. The molecular formula is C31H30Cl2F2N8O. The first-order valence-electron chi connectivity index (χ1n) is 14.4. The second-order valence-electron chi connectivity index (χ2n) is 11.9. The Hall–Kier alpha value is -3.80. The Morgan fingerprint density at radius 2 is 1.80 bits per heavy atom. The van der Waals surface area contributed by atoms with Crippen molar-refractivity contribution in [2.45, 2.75) is 31.8 Å². The smallest absolute Gasteiger partial charge is 0.281 e. The van der Waals surface area contributed by atoms with E-state index in [4.69, 9.17) is 33.3 Å². The third kappa shape index (κ3) is 4.43. The van der Waals surface area contributed by atoms with Crippen molar-refractivity contribution in [3.05, 3.63) is 58.4 Å². The maximum absolute atomic E-state index is 17.0. The number of aromatic amines is 1. The second-order valence-corrected chi connectivity index (χ2v) is 12.7. The number of fused-ring (bicyclic) bond motifs is 4. The Balaban J connectivity index is 1.43. The van der Waals surface area contributed by atoms with Gasteiger partial charge in [-0.1, -0.05) is 29.8 Å². The van der Waals surface area contributed by atoms with Crippen molar-refractivity contribution in [3.63, 3.8) is 0 Å². The molecule has 2 saturated heterocycles. The molecule has 228 valence electrons. The monoisotopic (exact) mass is 638 g/mol. The predicted molar refractivity (Wildman–Crippen MR) is 170 cm³/mol. The summed E-state index contributed by atoms with van der Waals surface area (Å²) in [6, 6.07) is 3.76. The highest BCUT2D eigenvalue weighted by Gasteiger charge is 2.34. The number of benzene rings is 2. The fraction of sp³-hybridized carbons (Fsp3) is 0.355. The highest BCUT2D eigenvalue weighted by Crippen LogP contribution is 2.45. The number of hydrogen-bond donors (Lipinski definition) is 1. The number of nitrogens with one attached hydrogen (secondary N) is 1. The Morgan fingerprint density at radius 1 is 1.07 bits per heavy atom. The number of piperidine rings is 1. The van der Waals surface area contributed by atoms with Gasteiger partial charge in [0.2, 0.25) is 0 Å². The largest absolute Gasteiger partial charge is 0.353 e. The summed E-state index contributed by atoms with van der Waals surface area (Å²) in [5, 5.41) is 14.6. The fourth-order valence-electron chi connectivity index (χ4n) is 6.53. The fourth-order valence-corrected chi connectivity index (χ4v) is 7.02. The Morgan fingerprint density at radius 3 is 2.48 bits per heavy atom. The van der Waals surface area contributed by atoms with Crippen LogP contribution in [0.1, 0.15) is 24.4 Å². The van der Waals surface area contributed by atoms with Crippen LogP contribution in [0.5, 0.6) is 0 Å². The van der Waals surface area contributed by atoms with E-state index in [0.29, 0.717) is 70.2 Å². The third-order valence-corrected chi connectivity index (χ3v) is 9.81. The lowest BCUT2D eigenvalue weighted by atomic mass is 9.94. The predicted octanol–water partition coefficient (Wildman–Crippen LogP) is 6.28. The van der Waals surface area contributed by atoms with Crippen LogP contribution in [0.3, 0.4) is 0 Å². The van der Waals surface area contributed by atoms with Crippen LogP contribution in [0.15, 0.2) is 36.9 Å². The highest BCUT2D eigenvalue weighted by atomic mass is 35.5. The van der Waals surface area contributed by atoms with E-state index in [0.717, 1.165) is 24.0 Å². The van der Waals surface area contributed by atoms with Gasteiger partial charge in [-0.25, -0.2) is 13.8 Å². The van der Waals surface area contributed by atoms with Crippen LogP contribution in [0, 0.1) is 12.7 Å². The number of aromatic nitrogens is 5. The molecule has 0 saturated carbocycles. The number of halogens is 4. The van der Waals surface area contributed by atoms with Gasteiger partial charge in [0.05, 0.1) is 39.9 Å². The topological polar surface area (TPSA) is 86.2 Å². The van der Waals surface area contributed by atoms with Gasteiger partial charge in [-0.3, -0.25) is 14.6 Å². The van der Waals surface area contributed by atoms with E-state index in [2.05, 4.69) is 26.6 Å². The Kier molecular flexibility index (Phi) is 7.02. The molecule has 2 fully saturated rings. The summed E-state index contributed by atoms with van der Waals surface area (Å²) in [5.74, 6) is -1.56. The number of likely N-dealkylation sites (tertiary alicyclic amines) is 1. The zero-order valence-corrected chi connectivity index (χ0v) is 26.0. The number of rotatable bonds is 5. The molecule has 7 rings (SSSR count). The van der Waals surface area contributed by atoms with E-state index >= 15 is 4.39 Å². The van der Waals surface area contributed by atoms with E-state index < -0.39 is 17.6 Å². The molecule has 13 heteroatoms. The van der Waals surface area contributed by atoms with Gasteiger partial charge in [0.15, 0.2) is 11.6 Å². The minimum absolute atomic E-state index is 0.101. The van der Waals surface area contributed by atoms with Crippen molar-refractivity contribution in [1.82, 2.24) is 34.8 Å². The van der Waals surface area contributed by atoms with Crippen molar-refractivity contribution in [1.29, 1.82) is 0 Å². The molecule has 0 spiro atoms. The van der Waals surface area contributed by atoms with Crippen molar-refractivity contribution >= 4 is 67.6 Å². The summed E-state index contributed by atoms with van der Waals surface area (Å²) < 4.78 is 32.4. The molecule has 2 aliphatic rings. The van der Waals surface area contributed by atoms with Crippen LogP contribution in [0.4, 0.5) is 14.6 Å². The van der Waals surface area contributed by atoms with Crippen LogP contribution in [0.2, 0.25) is 10.0 Å². The number of hydrogen-bond acceptors (Lipinski definition) is 6. The van der Waals surface area contributed by atoms with Crippen molar-refractivity contribution in [2.24, 2.45) is 0 Å². The van der Waals surface area contributed by atoms with Gasteiger partial charge < -0.3 is 14.7 Å². The summed E-state index contributed by atoms with van der Waals surface area (Å²) in [4.78, 5) is 22.9. The minimum atomic E-state index is -0.969. The zero-order chi connectivity index (χ0) is 31.0. The van der Waals surface area contributed by atoms with Crippen LogP contribution in [0.25, 0.3) is 43.8 Å². The standard InChI is InChI=1S/C31H30Cl2F2N8O/c1-15-22(32)10-24-20(11-36-39-24)25(15)26-23(33)9-19-28(27(26)35)38-30(42-13-18(14-42)40(3)4)21-12-37-43(29(19)21)17-5-7-41(8-6-17)31(44)16(2)34/h9-12,17-18H,2,5-8,13-14H2,1,3-4H3,(H,36,39). The average molecular weight is 640 g/mol. The third-order valence-electron chi connectivity index (χ3n) is 9.12. The van der Waals surface area contributed by atoms with Crippen LogP contribution < -0.4 is 4.90 Å². The van der Waals surface area contributed by atoms with Crippen LogP contribution >= 0.6 is 23.2 Å². The van der Waals surface area contributed by atoms with Crippen molar-refractivity contribution in [2.75, 3.05) is 45.2 Å². The van der Waals surface area contributed by atoms with Crippen LogP contribution in [-0.4, -0.2) is 87.0 Å². The normalized spacial score (nSPS) is 16.5. The number of carbonyl (C=O) groups is 1. The lowest BCUT2D eigenvalue weighted by Gasteiger charge is -2.43. The van der Waals surface area contributed by atoms with Gasteiger partial charge >= 0.3 is 0 Å². The molecule has 0 radical (unpaired) electrons. The molecule has 0 atom stereocenters. The van der Waals surface area contributed by atoms with Gasteiger partial charge in [-0.2, -0.15) is 10.2 Å². The minimum Gasteiger partial charge on any atom is -0.353 e. The molecule has 1 N–H and O–H groups in total. The van der Waals surface area contributed by atoms with Gasteiger partial charge in [-0.05, 0) is 51.6 Å². The summed E-state index contributed by atoms with van der Waals surface area (Å²) >= 11 is 13.5. The molecule has 2 aliphatic heterocycles. The molecule has 5 aromatic rings. The quantitative estimate of drug-likeness (QED) is 0.228. The second kappa shape index (κ2) is 10.7. The maximum atomic E-state index is 17.0. The molecule has 0 bridgehead atoms. The number of nitrogens with zero attached hydrogens (tertiary/aromatic N) is 7. The van der Waals surface area contributed by atoms with E-state index in [1.54, 1.807) is 24.5 Å². The number of H-pyrrole nitrogens is 1. The van der Waals surface area contributed by atoms with E-state index in [1.807, 2.05) is 25.7 Å². The molecule has 5 heterocycles. The van der Waals surface area contributed by atoms with E-state index in [-0.39, 0.29) is 22.1 Å². The van der Waals surface area contributed by atoms with E-state index in [9.17, 15) is 9.18 Å². The molecule has 1 amide bonds. The number of amides is 1. The van der Waals surface area contributed by atoms with E-state index in [1.165, 1.54) is 4.90 Å². The van der Waals surface area contributed by atoms with Gasteiger partial charge in [0.25, 0.3) is 5.91 Å². The molecule has 44 heavy (non-hydrogen) atoms. The van der Waals surface area contributed by atoms with Crippen LogP contribution in [-0.2, 0) is 4.79 Å². The Labute approximate surface area is 262 Å². The number of pyridine rings is 1. The van der Waals surface area contributed by atoms with Crippen molar-refractivity contribution < 1.29 is 13.6 Å². The Bertz CT molecular complexity index is 1990. The number of carbonyl (C=O) groups excluding carboxylic acids is 1. The zero-order valence-electron chi connectivity index (χ0n) is 24.5. The molecular weight excluding hydrogens is 609 g/mol. The molecule has 0 aliphatic carbocycles. The summed E-state index contributed by atoms with van der Waals surface area (Å²) in [6.07, 6.45) is 4.52. The summed E-state index contributed by atoms with van der Waals surface area (Å²) in [5.41, 5.74) is 3.03. The number of likely N-dealkylation sites (N-methyl/N-ethyl adjacent to an activating group) is 1. The first-order chi connectivity index (χ1) is 21.0. The molecule has 2 aromatic carbocycles. The van der Waals surface area contributed by atoms with Gasteiger partial charge in [-0.15, -0.1) is 0 Å². The lowest BCUT2D eigenvalue weighted by molar-refractivity contribution is -0.129. The SMILES string of the molecule is C=C(F)C(=O)N1CCC(n2ncc3c(N4CC(N(C)C)C4)nc4c(F)c(-c5c(C)c(Cl)cc6[nH]ncc56)c(Cl)cc4c32)CC1. The number of anilines is 1. The first kappa shape index (κ1) is 28.9. The molecule has 3 aromatic heterocycles. The highest BCUT2D eigenvalue weighted by molar-refractivity contribution is 6.36. The first-order valence-corrected chi connectivity index (χ1v) is 15.2. The summed E-state index contributed by atoms with van der Waals surface area (Å²) in [7, 11) is 4.08. The lowest BCUT2D eigenvalue weighted by Crippen LogP contribution is -2.57. The van der Waals surface area contributed by atoms with Crippen molar-refractivity contribution in [3.8, 4) is 11.1 Å². The van der Waals surface area contributed by atoms with Gasteiger partial charge in [0.1, 0.15) is 11.3 Å². The summed E-state index contributed by atoms with van der Waals surface area (Å²) in [6.45, 7) is 7.17. The van der Waals surface area contributed by atoms with Gasteiger partial charge in [0, 0.05) is 59.1 Å².